The summed E-state index contributed by atoms with van der Waals surface area (Å²) in [6.45, 7) is 0. The summed E-state index contributed by atoms with van der Waals surface area (Å²) in [5, 5.41) is 0.0139. The average molecular weight is 160 g/mol. The van der Waals surface area contributed by atoms with E-state index in [0.29, 0.717) is 0 Å². The van der Waals surface area contributed by atoms with Crippen molar-refractivity contribution in [2.75, 3.05) is 0 Å². The van der Waals surface area contributed by atoms with Crippen molar-refractivity contribution in [2.24, 2.45) is 0 Å². The molecule has 1 aromatic rings. The lowest BCUT2D eigenvalue weighted by molar-refractivity contribution is 1.09. The number of aromatic nitrogens is 3. The van der Waals surface area contributed by atoms with Gasteiger partial charge in [-0.15, -0.1) is 0 Å². The van der Waals surface area contributed by atoms with Crippen LogP contribution in [-0.4, -0.2) is 22.8 Å². The van der Waals surface area contributed by atoms with Crippen LogP contribution in [0.1, 0.15) is 0 Å². The highest BCUT2D eigenvalue weighted by Crippen LogP contribution is 1.99. The summed E-state index contributed by atoms with van der Waals surface area (Å²) < 4.78 is 0. The second kappa shape index (κ2) is 2.50. The van der Waals surface area contributed by atoms with Crippen LogP contribution in [0.5, 0.6) is 0 Å². The van der Waals surface area contributed by atoms with Crippen LogP contribution in [0.4, 0.5) is 0 Å². The van der Waals surface area contributed by atoms with Crippen molar-refractivity contribution in [3.05, 3.63) is 10.6 Å². The quantitative estimate of drug-likeness (QED) is 0.500. The summed E-state index contributed by atoms with van der Waals surface area (Å²) in [5.41, 5.74) is 0.0278. The second-order valence-corrected chi connectivity index (χ2v) is 1.91. The first-order chi connectivity index (χ1) is 4.18. The van der Waals surface area contributed by atoms with E-state index >= 15 is 0 Å². The molecule has 0 fully saturated rings. The monoisotopic (exact) mass is 159 g/mol. The highest BCUT2D eigenvalue weighted by molar-refractivity contribution is 6.34. The summed E-state index contributed by atoms with van der Waals surface area (Å²) in [4.78, 5) is 10.4. The van der Waals surface area contributed by atoms with Crippen LogP contribution in [0.15, 0.2) is 0 Å². The summed E-state index contributed by atoms with van der Waals surface area (Å²) in [6, 6.07) is 0. The molecule has 44 valence electrons. The fourth-order valence-corrected chi connectivity index (χ4v) is 0.717. The van der Waals surface area contributed by atoms with E-state index in [4.69, 9.17) is 31.0 Å². The van der Waals surface area contributed by atoms with Crippen LogP contribution < -0.4 is 5.72 Å². The van der Waals surface area contributed by atoms with Gasteiger partial charge in [0.05, 0.1) is 5.72 Å². The van der Waals surface area contributed by atoms with Crippen molar-refractivity contribution in [3.8, 4) is 0 Å². The van der Waals surface area contributed by atoms with Crippen LogP contribution >= 0.6 is 23.2 Å². The van der Waals surface area contributed by atoms with Crippen molar-refractivity contribution in [2.45, 2.75) is 0 Å². The summed E-state index contributed by atoms with van der Waals surface area (Å²) in [5.74, 6) is 0. The van der Waals surface area contributed by atoms with E-state index in [1.165, 1.54) is 0 Å². The Morgan fingerprint density at radius 2 is 1.44 bits per heavy atom. The van der Waals surface area contributed by atoms with Gasteiger partial charge in [-0.05, 0) is 23.2 Å². The molecule has 3 nitrogen and oxygen atoms in total. The van der Waals surface area contributed by atoms with E-state index in [0.717, 1.165) is 0 Å². The molecule has 2 radical (unpaired) electrons. The molecule has 0 unspecified atom stereocenters. The first kappa shape index (κ1) is 6.77. The minimum atomic E-state index is 0.00694. The summed E-state index contributed by atoms with van der Waals surface area (Å²) >= 11 is 10.6. The molecule has 0 saturated heterocycles. The zero-order valence-electron chi connectivity index (χ0n) is 4.17. The molecule has 0 amide bonds. The Bertz CT molecular complexity index is 178. The lowest BCUT2D eigenvalue weighted by atomic mass is 10.1. The first-order valence-corrected chi connectivity index (χ1v) is 2.76. The molecule has 1 aromatic heterocycles. The van der Waals surface area contributed by atoms with Crippen molar-refractivity contribution in [1.29, 1.82) is 0 Å². The third-order valence-electron chi connectivity index (χ3n) is 0.598. The van der Waals surface area contributed by atoms with Gasteiger partial charge in [0.15, 0.2) is 7.85 Å². The van der Waals surface area contributed by atoms with Crippen LogP contribution in [0.25, 0.3) is 0 Å². The fraction of sp³-hybridized carbons (Fsp3) is 0. The minimum absolute atomic E-state index is 0.00694. The number of nitrogens with zero attached hydrogens (tertiary/aromatic N) is 3. The highest BCUT2D eigenvalue weighted by Gasteiger charge is 1.95. The molecule has 0 aliphatic rings. The number of hydrogen-bond donors (Lipinski definition) is 0. The fourth-order valence-electron chi connectivity index (χ4n) is 0.340. The van der Waals surface area contributed by atoms with E-state index in [9.17, 15) is 0 Å². The Hall–Kier alpha value is -0.345. The smallest absolute Gasteiger partial charge is 0.215 e. The Kier molecular flexibility index (Phi) is 1.88. The number of halogens is 2. The van der Waals surface area contributed by atoms with E-state index in [-0.39, 0.29) is 16.3 Å². The lowest BCUT2D eigenvalue weighted by Gasteiger charge is -1.91. The Morgan fingerprint density at radius 1 is 1.00 bits per heavy atom. The maximum Gasteiger partial charge on any atom is 0.225 e. The minimum Gasteiger partial charge on any atom is -0.215 e. The Morgan fingerprint density at radius 3 is 1.78 bits per heavy atom. The number of hydrogen-bond acceptors (Lipinski definition) is 3. The van der Waals surface area contributed by atoms with Crippen molar-refractivity contribution in [1.82, 2.24) is 15.0 Å². The molecule has 0 aromatic carbocycles. The maximum atomic E-state index is 5.32. The highest BCUT2D eigenvalue weighted by atomic mass is 35.5. The molecule has 0 bridgehead atoms. The average Bonchev–Trinajstić information content (AvgIpc) is 1.59. The maximum absolute atomic E-state index is 5.32. The predicted molar refractivity (Wildman–Crippen MR) is 35.2 cm³/mol. The summed E-state index contributed by atoms with van der Waals surface area (Å²) in [6.07, 6.45) is 0. The van der Waals surface area contributed by atoms with E-state index < -0.39 is 0 Å². The van der Waals surface area contributed by atoms with Crippen molar-refractivity contribution < 1.29 is 0 Å². The predicted octanol–water partition coefficient (Wildman–Crippen LogP) is -0.0278. The lowest BCUT2D eigenvalue weighted by Crippen LogP contribution is -2.14. The van der Waals surface area contributed by atoms with Gasteiger partial charge in [0, 0.05) is 0 Å². The van der Waals surface area contributed by atoms with Gasteiger partial charge in [0.1, 0.15) is 0 Å². The molecule has 6 heteroatoms. The molecular formula is C3BCl2N3. The molecule has 0 spiro atoms. The number of rotatable bonds is 0. The molecule has 0 aliphatic carbocycles. The van der Waals surface area contributed by atoms with Gasteiger partial charge in [0.2, 0.25) is 10.6 Å². The summed E-state index contributed by atoms with van der Waals surface area (Å²) in [7, 11) is 5.13. The van der Waals surface area contributed by atoms with Crippen LogP contribution in [0.2, 0.25) is 10.6 Å². The van der Waals surface area contributed by atoms with Gasteiger partial charge in [0.25, 0.3) is 0 Å². The molecule has 1 heterocycles. The van der Waals surface area contributed by atoms with Gasteiger partial charge < -0.3 is 0 Å². The third-order valence-corrected chi connectivity index (χ3v) is 0.936. The van der Waals surface area contributed by atoms with Gasteiger partial charge in [-0.25, -0.2) is 9.97 Å². The second-order valence-electron chi connectivity index (χ2n) is 1.23. The van der Waals surface area contributed by atoms with E-state index in [2.05, 4.69) is 15.0 Å². The molecule has 0 aliphatic heterocycles. The van der Waals surface area contributed by atoms with Crippen molar-refractivity contribution in [3.63, 3.8) is 0 Å². The molecular weight excluding hydrogens is 160 g/mol. The first-order valence-electron chi connectivity index (χ1n) is 2.01. The van der Waals surface area contributed by atoms with Gasteiger partial charge in [-0.3, -0.25) is 0 Å². The standard InChI is InChI=1S/C3BCl2N3/c4-1-7-2(5)9-3(6)8-1. The molecule has 0 saturated carbocycles. The SMILES string of the molecule is [B]c1nc(Cl)nc(Cl)n1. The normalized spacial score (nSPS) is 9.56. The molecule has 1 rings (SSSR count). The van der Waals surface area contributed by atoms with E-state index in [1.807, 2.05) is 0 Å². The third kappa shape index (κ3) is 1.80. The van der Waals surface area contributed by atoms with Gasteiger partial charge in [-0.2, -0.15) is 4.98 Å². The van der Waals surface area contributed by atoms with Gasteiger partial charge >= 0.3 is 0 Å². The molecule has 0 atom stereocenters. The Labute approximate surface area is 62.8 Å². The van der Waals surface area contributed by atoms with Crippen LogP contribution in [0, 0.1) is 0 Å². The molecule has 0 N–H and O–H groups in total. The largest absolute Gasteiger partial charge is 0.225 e. The van der Waals surface area contributed by atoms with Crippen LogP contribution in [-0.2, 0) is 0 Å². The molecule has 9 heavy (non-hydrogen) atoms. The van der Waals surface area contributed by atoms with Crippen molar-refractivity contribution >= 4 is 36.8 Å². The van der Waals surface area contributed by atoms with Crippen LogP contribution in [0.3, 0.4) is 0 Å². The topological polar surface area (TPSA) is 38.7 Å². The zero-order chi connectivity index (χ0) is 6.85. The van der Waals surface area contributed by atoms with Gasteiger partial charge in [-0.1, -0.05) is 0 Å². The van der Waals surface area contributed by atoms with E-state index in [1.54, 1.807) is 0 Å². The zero-order valence-corrected chi connectivity index (χ0v) is 5.69. The Balaban J connectivity index is 3.17.